The van der Waals surface area contributed by atoms with Gasteiger partial charge in [-0.15, -0.1) is 11.3 Å². The number of benzene rings is 2. The summed E-state index contributed by atoms with van der Waals surface area (Å²) in [4.78, 5) is 13.8. The van der Waals surface area contributed by atoms with Crippen LogP contribution in [0.3, 0.4) is 0 Å². The van der Waals surface area contributed by atoms with Crippen molar-refractivity contribution in [2.24, 2.45) is 0 Å². The number of rotatable bonds is 2. The Balaban J connectivity index is 1.71. The molecule has 1 aromatic heterocycles. The second kappa shape index (κ2) is 5.38. The largest absolute Gasteiger partial charge is 0.457 e. The van der Waals surface area contributed by atoms with Gasteiger partial charge in [0.2, 0.25) is 0 Å². The van der Waals surface area contributed by atoms with Crippen LogP contribution in [0.1, 0.15) is 21.5 Å². The first-order valence-corrected chi connectivity index (χ1v) is 7.97. The normalized spacial score (nSPS) is 12.6. The zero-order chi connectivity index (χ0) is 15.8. The zero-order valence-electron chi connectivity index (χ0n) is 12.1. The topological polar surface area (TPSA) is 50.1 Å². The summed E-state index contributed by atoms with van der Waals surface area (Å²) in [7, 11) is 0. The summed E-state index contributed by atoms with van der Waals surface area (Å²) < 4.78 is 5.05. The van der Waals surface area contributed by atoms with Crippen LogP contribution in [0, 0.1) is 11.3 Å². The van der Waals surface area contributed by atoms with E-state index in [0.29, 0.717) is 17.7 Å². The minimum Gasteiger partial charge on any atom is -0.457 e. The van der Waals surface area contributed by atoms with E-state index in [2.05, 4.69) is 18.2 Å². The molecule has 0 N–H and O–H groups in total. The number of cyclic esters (lactones) is 1. The Kier molecular flexibility index (Phi) is 3.22. The minimum absolute atomic E-state index is 0.244. The Hall–Kier alpha value is -2.90. The number of hydrogen-bond donors (Lipinski definition) is 0. The van der Waals surface area contributed by atoms with Gasteiger partial charge in [-0.3, -0.25) is 0 Å². The number of nitriles is 1. The highest BCUT2D eigenvalue weighted by Crippen LogP contribution is 2.36. The highest BCUT2D eigenvalue weighted by molar-refractivity contribution is 7.18. The van der Waals surface area contributed by atoms with Gasteiger partial charge in [0.25, 0.3) is 0 Å². The van der Waals surface area contributed by atoms with Gasteiger partial charge in [0, 0.05) is 15.3 Å². The molecule has 0 amide bonds. The van der Waals surface area contributed by atoms with Crippen LogP contribution >= 0.6 is 11.3 Å². The molecule has 0 aliphatic carbocycles. The fourth-order valence-electron chi connectivity index (χ4n) is 2.68. The van der Waals surface area contributed by atoms with Crippen molar-refractivity contribution in [3.05, 3.63) is 71.3 Å². The van der Waals surface area contributed by atoms with Gasteiger partial charge >= 0.3 is 5.97 Å². The lowest BCUT2D eigenvalue weighted by Crippen LogP contribution is -1.92. The lowest BCUT2D eigenvalue weighted by Gasteiger charge is -2.00. The van der Waals surface area contributed by atoms with Gasteiger partial charge in [-0.2, -0.15) is 5.26 Å². The number of carbonyl (C=O) groups is 1. The van der Waals surface area contributed by atoms with Crippen molar-refractivity contribution in [2.75, 3.05) is 0 Å². The molecule has 0 radical (unpaired) electrons. The monoisotopic (exact) mass is 317 g/mol. The Morgan fingerprint density at radius 1 is 1.00 bits per heavy atom. The van der Waals surface area contributed by atoms with Crippen molar-refractivity contribution in [3.8, 4) is 27.0 Å². The van der Waals surface area contributed by atoms with Crippen LogP contribution < -0.4 is 0 Å². The van der Waals surface area contributed by atoms with Crippen molar-refractivity contribution < 1.29 is 9.53 Å². The molecular formula is C19H11NO2S. The molecular weight excluding hydrogens is 306 g/mol. The standard InChI is InChI=1S/C19H11NO2S/c20-10-12-2-1-3-13(8-12)17-6-7-18(23-17)14-4-5-16-15(9-14)11-22-19(16)21/h1-9H,11H2. The first kappa shape index (κ1) is 13.7. The van der Waals surface area contributed by atoms with Crippen molar-refractivity contribution in [3.63, 3.8) is 0 Å². The molecule has 2 heterocycles. The molecule has 23 heavy (non-hydrogen) atoms. The third-order valence-corrected chi connectivity index (χ3v) is 5.03. The van der Waals surface area contributed by atoms with E-state index in [-0.39, 0.29) is 5.97 Å². The maximum absolute atomic E-state index is 11.5. The number of nitrogens with zero attached hydrogens (tertiary/aromatic N) is 1. The van der Waals surface area contributed by atoms with E-state index < -0.39 is 0 Å². The highest BCUT2D eigenvalue weighted by Gasteiger charge is 2.21. The third kappa shape index (κ3) is 2.41. The second-order valence-corrected chi connectivity index (χ2v) is 6.39. The van der Waals surface area contributed by atoms with Gasteiger partial charge in [-0.25, -0.2) is 4.79 Å². The predicted octanol–water partition coefficient (Wildman–Crippen LogP) is 4.62. The van der Waals surface area contributed by atoms with Crippen molar-refractivity contribution in [1.29, 1.82) is 5.26 Å². The summed E-state index contributed by atoms with van der Waals surface area (Å²) in [6.45, 7) is 0.352. The fraction of sp³-hybridized carbons (Fsp3) is 0.0526. The number of esters is 1. The van der Waals surface area contributed by atoms with Crippen LogP contribution in [0.15, 0.2) is 54.6 Å². The molecule has 4 heteroatoms. The smallest absolute Gasteiger partial charge is 0.338 e. The van der Waals surface area contributed by atoms with Crippen molar-refractivity contribution in [2.45, 2.75) is 6.61 Å². The molecule has 0 spiro atoms. The van der Waals surface area contributed by atoms with Crippen LogP contribution in [0.5, 0.6) is 0 Å². The molecule has 1 aliphatic heterocycles. The fourth-order valence-corrected chi connectivity index (χ4v) is 3.68. The van der Waals surface area contributed by atoms with Gasteiger partial charge in [0.05, 0.1) is 17.2 Å². The molecule has 0 atom stereocenters. The Morgan fingerprint density at radius 2 is 1.78 bits per heavy atom. The molecule has 0 unspecified atom stereocenters. The predicted molar refractivity (Wildman–Crippen MR) is 89.0 cm³/mol. The number of carbonyl (C=O) groups excluding carboxylic acids is 1. The Bertz CT molecular complexity index is 965. The molecule has 0 saturated heterocycles. The number of ether oxygens (including phenoxy) is 1. The lowest BCUT2D eigenvalue weighted by molar-refractivity contribution is 0.0535. The molecule has 0 fully saturated rings. The van der Waals surface area contributed by atoms with Crippen molar-refractivity contribution >= 4 is 17.3 Å². The van der Waals surface area contributed by atoms with Crippen LogP contribution in [0.4, 0.5) is 0 Å². The molecule has 110 valence electrons. The van der Waals surface area contributed by atoms with E-state index in [0.717, 1.165) is 26.4 Å². The average Bonchev–Trinajstić information content (AvgIpc) is 3.22. The van der Waals surface area contributed by atoms with Crippen molar-refractivity contribution in [1.82, 2.24) is 0 Å². The van der Waals surface area contributed by atoms with E-state index in [1.54, 1.807) is 17.4 Å². The van der Waals surface area contributed by atoms with E-state index >= 15 is 0 Å². The average molecular weight is 317 g/mol. The Labute approximate surface area is 137 Å². The van der Waals surface area contributed by atoms with Crippen LogP contribution in [-0.2, 0) is 11.3 Å². The molecule has 3 aromatic rings. The molecule has 0 bridgehead atoms. The summed E-state index contributed by atoms with van der Waals surface area (Å²) in [6, 6.07) is 19.7. The van der Waals surface area contributed by atoms with Crippen LogP contribution in [-0.4, -0.2) is 5.97 Å². The molecule has 1 aliphatic rings. The van der Waals surface area contributed by atoms with Gasteiger partial charge in [-0.1, -0.05) is 18.2 Å². The summed E-state index contributed by atoms with van der Waals surface area (Å²) in [5.41, 5.74) is 4.38. The van der Waals surface area contributed by atoms with Crippen LogP contribution in [0.2, 0.25) is 0 Å². The zero-order valence-corrected chi connectivity index (χ0v) is 12.9. The van der Waals surface area contributed by atoms with Gasteiger partial charge in [-0.05, 0) is 47.5 Å². The molecule has 0 saturated carbocycles. The first-order valence-electron chi connectivity index (χ1n) is 7.15. The highest BCUT2D eigenvalue weighted by atomic mass is 32.1. The summed E-state index contributed by atoms with van der Waals surface area (Å²) in [5, 5.41) is 9.02. The Morgan fingerprint density at radius 3 is 2.57 bits per heavy atom. The van der Waals surface area contributed by atoms with Crippen LogP contribution in [0.25, 0.3) is 20.9 Å². The van der Waals surface area contributed by atoms with E-state index in [1.807, 2.05) is 36.4 Å². The summed E-state index contributed by atoms with van der Waals surface area (Å²) >= 11 is 1.67. The minimum atomic E-state index is -0.244. The lowest BCUT2D eigenvalue weighted by atomic mass is 10.1. The first-order chi connectivity index (χ1) is 11.2. The van der Waals surface area contributed by atoms with Gasteiger partial charge in [0.1, 0.15) is 6.61 Å². The second-order valence-electron chi connectivity index (χ2n) is 5.30. The summed E-state index contributed by atoms with van der Waals surface area (Å²) in [6.07, 6.45) is 0. The SMILES string of the molecule is N#Cc1cccc(-c2ccc(-c3ccc4c(c3)COC4=O)s2)c1. The van der Waals surface area contributed by atoms with Gasteiger partial charge in [0.15, 0.2) is 0 Å². The molecule has 2 aromatic carbocycles. The number of thiophene rings is 1. The van der Waals surface area contributed by atoms with E-state index in [1.165, 1.54) is 0 Å². The maximum Gasteiger partial charge on any atom is 0.338 e. The molecule has 4 rings (SSSR count). The van der Waals surface area contributed by atoms with E-state index in [9.17, 15) is 4.79 Å². The molecule has 3 nitrogen and oxygen atoms in total. The number of fused-ring (bicyclic) bond motifs is 1. The quantitative estimate of drug-likeness (QED) is 0.648. The third-order valence-electron chi connectivity index (χ3n) is 3.85. The van der Waals surface area contributed by atoms with E-state index in [4.69, 9.17) is 10.00 Å². The van der Waals surface area contributed by atoms with Gasteiger partial charge < -0.3 is 4.74 Å². The maximum atomic E-state index is 11.5. The number of hydrogen-bond acceptors (Lipinski definition) is 4. The summed E-state index contributed by atoms with van der Waals surface area (Å²) in [5.74, 6) is -0.244.